The summed E-state index contributed by atoms with van der Waals surface area (Å²) in [6, 6.07) is 9.68. The van der Waals surface area contributed by atoms with Gasteiger partial charge in [0.1, 0.15) is 6.61 Å². The standard InChI is InChI=1S/C21H31NO3/c1-17(2)18(3)21(24)22-15-11-6-4-5-10-14-20(23)25-16-19-12-8-7-9-13-19/h4,6-9,12-13,17-18H,5,10-11,14-16H2,1-3H3,(H,22,24)/b6-4-/t18-/m0/s1. The van der Waals surface area contributed by atoms with Gasteiger partial charge in [-0.3, -0.25) is 9.59 Å². The third-order valence-electron chi connectivity index (χ3n) is 4.18. The molecule has 1 atom stereocenters. The molecule has 0 heterocycles. The summed E-state index contributed by atoms with van der Waals surface area (Å²) in [5, 5.41) is 2.94. The molecule has 1 aromatic carbocycles. The minimum atomic E-state index is -0.160. The van der Waals surface area contributed by atoms with E-state index in [0.717, 1.165) is 24.8 Å². The maximum absolute atomic E-state index is 11.8. The third kappa shape index (κ3) is 9.70. The number of allylic oxidation sites excluding steroid dienone is 1. The Morgan fingerprint density at radius 1 is 1.08 bits per heavy atom. The maximum Gasteiger partial charge on any atom is 0.306 e. The van der Waals surface area contributed by atoms with E-state index in [1.807, 2.05) is 37.3 Å². The number of unbranched alkanes of at least 4 members (excludes halogenated alkanes) is 1. The van der Waals surface area contributed by atoms with Crippen LogP contribution >= 0.6 is 0 Å². The molecule has 0 aliphatic heterocycles. The predicted octanol–water partition coefficient (Wildman–Crippen LogP) is 4.25. The van der Waals surface area contributed by atoms with Gasteiger partial charge in [0.25, 0.3) is 0 Å². The van der Waals surface area contributed by atoms with Crippen molar-refractivity contribution >= 4 is 11.9 Å². The predicted molar refractivity (Wildman–Crippen MR) is 101 cm³/mol. The number of esters is 1. The molecule has 4 nitrogen and oxygen atoms in total. The van der Waals surface area contributed by atoms with Crippen LogP contribution in [0.5, 0.6) is 0 Å². The number of rotatable bonds is 11. The van der Waals surface area contributed by atoms with Gasteiger partial charge < -0.3 is 10.1 Å². The van der Waals surface area contributed by atoms with Crippen LogP contribution in [0.15, 0.2) is 42.5 Å². The fraction of sp³-hybridized carbons (Fsp3) is 0.524. The van der Waals surface area contributed by atoms with Crippen molar-refractivity contribution in [2.45, 2.75) is 53.1 Å². The fourth-order valence-corrected chi connectivity index (χ4v) is 2.15. The first-order chi connectivity index (χ1) is 12.0. The number of ether oxygens (including phenoxy) is 1. The van der Waals surface area contributed by atoms with E-state index < -0.39 is 0 Å². The summed E-state index contributed by atoms with van der Waals surface area (Å²) < 4.78 is 5.23. The zero-order valence-corrected chi connectivity index (χ0v) is 15.7. The van der Waals surface area contributed by atoms with E-state index in [4.69, 9.17) is 4.74 Å². The Morgan fingerprint density at radius 3 is 2.44 bits per heavy atom. The Hall–Kier alpha value is -2.10. The molecule has 0 bridgehead atoms. The van der Waals surface area contributed by atoms with E-state index in [9.17, 15) is 9.59 Å². The lowest BCUT2D eigenvalue weighted by molar-refractivity contribution is -0.145. The molecule has 1 amide bonds. The second-order valence-electron chi connectivity index (χ2n) is 6.62. The number of amides is 1. The van der Waals surface area contributed by atoms with Crippen molar-refractivity contribution in [3.63, 3.8) is 0 Å². The van der Waals surface area contributed by atoms with Gasteiger partial charge in [0.15, 0.2) is 0 Å². The number of hydrogen-bond donors (Lipinski definition) is 1. The van der Waals surface area contributed by atoms with Crippen LogP contribution < -0.4 is 5.32 Å². The molecule has 1 N–H and O–H groups in total. The van der Waals surface area contributed by atoms with Crippen molar-refractivity contribution in [3.05, 3.63) is 48.0 Å². The van der Waals surface area contributed by atoms with Gasteiger partial charge in [-0.05, 0) is 30.7 Å². The number of hydrogen-bond acceptors (Lipinski definition) is 3. The van der Waals surface area contributed by atoms with Gasteiger partial charge in [0.05, 0.1) is 0 Å². The molecule has 0 unspecified atom stereocenters. The molecule has 0 aliphatic carbocycles. The van der Waals surface area contributed by atoms with E-state index in [0.29, 0.717) is 25.5 Å². The van der Waals surface area contributed by atoms with Crippen molar-refractivity contribution < 1.29 is 14.3 Å². The third-order valence-corrected chi connectivity index (χ3v) is 4.18. The molecule has 138 valence electrons. The topological polar surface area (TPSA) is 55.4 Å². The average Bonchev–Trinajstić information content (AvgIpc) is 2.62. The van der Waals surface area contributed by atoms with Crippen LogP contribution in [0.1, 0.15) is 52.0 Å². The minimum absolute atomic E-state index is 0.0471. The zero-order valence-electron chi connectivity index (χ0n) is 15.7. The van der Waals surface area contributed by atoms with Crippen LogP contribution in [-0.2, 0) is 20.9 Å². The van der Waals surface area contributed by atoms with E-state index in [1.165, 1.54) is 0 Å². The van der Waals surface area contributed by atoms with Gasteiger partial charge in [-0.1, -0.05) is 63.3 Å². The smallest absolute Gasteiger partial charge is 0.306 e. The van der Waals surface area contributed by atoms with Crippen LogP contribution in [0.4, 0.5) is 0 Å². The summed E-state index contributed by atoms with van der Waals surface area (Å²) in [5.41, 5.74) is 1.00. The quantitative estimate of drug-likeness (QED) is 0.370. The number of benzene rings is 1. The first-order valence-electron chi connectivity index (χ1n) is 9.13. The van der Waals surface area contributed by atoms with Crippen molar-refractivity contribution in [1.82, 2.24) is 5.32 Å². The number of carbonyl (C=O) groups excluding carboxylic acids is 2. The van der Waals surface area contributed by atoms with Crippen molar-refractivity contribution in [2.24, 2.45) is 11.8 Å². The van der Waals surface area contributed by atoms with Gasteiger partial charge in [-0.2, -0.15) is 0 Å². The Balaban J connectivity index is 2.02. The van der Waals surface area contributed by atoms with Gasteiger partial charge in [-0.25, -0.2) is 0 Å². The molecule has 4 heteroatoms. The Labute approximate surface area is 151 Å². The molecule has 0 aromatic heterocycles. The highest BCUT2D eigenvalue weighted by Crippen LogP contribution is 2.09. The monoisotopic (exact) mass is 345 g/mol. The highest BCUT2D eigenvalue weighted by molar-refractivity contribution is 5.78. The molecule has 0 saturated heterocycles. The van der Waals surface area contributed by atoms with Gasteiger partial charge in [-0.15, -0.1) is 0 Å². The summed E-state index contributed by atoms with van der Waals surface area (Å²) >= 11 is 0. The second kappa shape index (κ2) is 12.3. The summed E-state index contributed by atoms with van der Waals surface area (Å²) in [7, 11) is 0. The average molecular weight is 345 g/mol. The summed E-state index contributed by atoms with van der Waals surface area (Å²) in [5.74, 6) is 0.361. The van der Waals surface area contributed by atoms with Crippen LogP contribution in [0.3, 0.4) is 0 Å². The van der Waals surface area contributed by atoms with Gasteiger partial charge in [0.2, 0.25) is 5.91 Å². The normalized spacial score (nSPS) is 12.3. The van der Waals surface area contributed by atoms with Crippen LogP contribution in [0.2, 0.25) is 0 Å². The molecule has 0 saturated carbocycles. The lowest BCUT2D eigenvalue weighted by Gasteiger charge is -2.14. The summed E-state index contributed by atoms with van der Waals surface area (Å²) in [6.45, 7) is 7.05. The number of nitrogens with one attached hydrogen (secondary N) is 1. The molecule has 25 heavy (non-hydrogen) atoms. The van der Waals surface area contributed by atoms with Crippen LogP contribution in [0, 0.1) is 11.8 Å². The minimum Gasteiger partial charge on any atom is -0.461 e. The molecule has 1 aromatic rings. The van der Waals surface area contributed by atoms with Crippen molar-refractivity contribution in [3.8, 4) is 0 Å². The Kier molecular flexibility index (Phi) is 10.3. The molecular weight excluding hydrogens is 314 g/mol. The lowest BCUT2D eigenvalue weighted by Crippen LogP contribution is -2.32. The molecule has 1 rings (SSSR count). The zero-order chi connectivity index (χ0) is 18.5. The van der Waals surface area contributed by atoms with Crippen molar-refractivity contribution in [1.29, 1.82) is 0 Å². The molecule has 0 spiro atoms. The first kappa shape index (κ1) is 20.9. The fourth-order valence-electron chi connectivity index (χ4n) is 2.15. The Bertz CT molecular complexity index is 537. The van der Waals surface area contributed by atoms with Crippen molar-refractivity contribution in [2.75, 3.05) is 6.54 Å². The highest BCUT2D eigenvalue weighted by Gasteiger charge is 2.15. The SMILES string of the molecule is CC(C)[C@H](C)C(=O)NCC/C=C\CCCC(=O)OCc1ccccc1. The lowest BCUT2D eigenvalue weighted by atomic mass is 9.97. The molecule has 0 aliphatic rings. The van der Waals surface area contributed by atoms with E-state index in [1.54, 1.807) is 0 Å². The van der Waals surface area contributed by atoms with E-state index in [2.05, 4.69) is 31.3 Å². The number of carbonyl (C=O) groups is 2. The Morgan fingerprint density at radius 2 is 1.76 bits per heavy atom. The summed E-state index contributed by atoms with van der Waals surface area (Å²) in [4.78, 5) is 23.4. The largest absolute Gasteiger partial charge is 0.461 e. The van der Waals surface area contributed by atoms with Gasteiger partial charge >= 0.3 is 5.97 Å². The molecule has 0 fully saturated rings. The highest BCUT2D eigenvalue weighted by atomic mass is 16.5. The van der Waals surface area contributed by atoms with Crippen LogP contribution in [0.25, 0.3) is 0 Å². The molecule has 0 radical (unpaired) electrons. The van der Waals surface area contributed by atoms with Gasteiger partial charge in [0, 0.05) is 18.9 Å². The summed E-state index contributed by atoms with van der Waals surface area (Å²) in [6.07, 6.45) is 6.98. The first-order valence-corrected chi connectivity index (χ1v) is 9.13. The molecular formula is C21H31NO3. The van der Waals surface area contributed by atoms with Crippen LogP contribution in [-0.4, -0.2) is 18.4 Å². The van der Waals surface area contributed by atoms with E-state index >= 15 is 0 Å². The second-order valence-corrected chi connectivity index (χ2v) is 6.62. The van der Waals surface area contributed by atoms with E-state index in [-0.39, 0.29) is 17.8 Å². The maximum atomic E-state index is 11.8.